The van der Waals surface area contributed by atoms with Gasteiger partial charge in [-0.05, 0) is 31.2 Å². The Balaban J connectivity index is 2.29. The first-order valence-electron chi connectivity index (χ1n) is 5.66. The van der Waals surface area contributed by atoms with Crippen LogP contribution in [-0.4, -0.2) is 22.4 Å². The van der Waals surface area contributed by atoms with Crippen molar-refractivity contribution in [1.29, 1.82) is 0 Å². The van der Waals surface area contributed by atoms with E-state index < -0.39 is 0 Å². The first-order chi connectivity index (χ1) is 9.11. The molecule has 0 saturated heterocycles. The van der Waals surface area contributed by atoms with Gasteiger partial charge in [0.1, 0.15) is 16.7 Å². The fourth-order valence-corrected chi connectivity index (χ4v) is 1.72. The van der Waals surface area contributed by atoms with Crippen LogP contribution < -0.4 is 4.90 Å². The highest BCUT2D eigenvalue weighted by molar-refractivity contribution is 6.29. The zero-order valence-corrected chi connectivity index (χ0v) is 10.9. The van der Waals surface area contributed by atoms with Crippen molar-refractivity contribution in [3.05, 3.63) is 53.3 Å². The quantitative estimate of drug-likeness (QED) is 0.868. The summed E-state index contributed by atoms with van der Waals surface area (Å²) in [6.45, 7) is 2.26. The molecule has 0 saturated carbocycles. The zero-order chi connectivity index (χ0) is 13.8. The topological polar surface area (TPSA) is 46.1 Å². The monoisotopic (exact) mass is 279 g/mol. The Kier molecular flexibility index (Phi) is 4.06. The minimum atomic E-state index is -0.349. The fraction of sp³-hybridized carbons (Fsp3) is 0.154. The lowest BCUT2D eigenvalue weighted by Crippen LogP contribution is -2.31. The van der Waals surface area contributed by atoms with Crippen LogP contribution in [0.3, 0.4) is 0 Å². The van der Waals surface area contributed by atoms with E-state index in [1.807, 2.05) is 6.92 Å². The second-order valence-electron chi connectivity index (χ2n) is 3.75. The van der Waals surface area contributed by atoms with Crippen molar-refractivity contribution in [3.8, 4) is 0 Å². The van der Waals surface area contributed by atoms with Crippen molar-refractivity contribution in [2.75, 3.05) is 11.4 Å². The van der Waals surface area contributed by atoms with Gasteiger partial charge in [0.2, 0.25) is 0 Å². The molecule has 1 aromatic carbocycles. The maximum absolute atomic E-state index is 12.9. The van der Waals surface area contributed by atoms with Gasteiger partial charge in [-0.15, -0.1) is 0 Å². The van der Waals surface area contributed by atoms with E-state index in [-0.39, 0.29) is 22.6 Å². The number of rotatable bonds is 3. The normalized spacial score (nSPS) is 10.3. The first kappa shape index (κ1) is 13.4. The predicted molar refractivity (Wildman–Crippen MR) is 70.8 cm³/mol. The Morgan fingerprint density at radius 3 is 2.47 bits per heavy atom. The smallest absolute Gasteiger partial charge is 0.278 e. The number of carbonyl (C=O) groups excluding carboxylic acids is 1. The molecule has 0 N–H and O–H groups in total. The molecule has 1 heterocycles. The lowest BCUT2D eigenvalue weighted by molar-refractivity contribution is 0.0983. The molecule has 1 amide bonds. The van der Waals surface area contributed by atoms with Gasteiger partial charge >= 0.3 is 0 Å². The Bertz CT molecular complexity index is 571. The molecule has 0 unspecified atom stereocenters. The third kappa shape index (κ3) is 3.06. The average molecular weight is 280 g/mol. The molecular formula is C13H11ClFN3O. The van der Waals surface area contributed by atoms with Crippen molar-refractivity contribution in [2.45, 2.75) is 6.92 Å². The highest BCUT2D eigenvalue weighted by Crippen LogP contribution is 2.17. The summed E-state index contributed by atoms with van der Waals surface area (Å²) in [5, 5.41) is 0.224. The number of aromatic nitrogens is 2. The van der Waals surface area contributed by atoms with Crippen molar-refractivity contribution in [3.63, 3.8) is 0 Å². The Hall–Kier alpha value is -2.01. The molecule has 1 aromatic heterocycles. The number of anilines is 1. The van der Waals surface area contributed by atoms with Gasteiger partial charge in [-0.25, -0.2) is 14.4 Å². The van der Waals surface area contributed by atoms with Crippen LogP contribution in [0, 0.1) is 5.82 Å². The van der Waals surface area contributed by atoms with E-state index in [0.29, 0.717) is 12.2 Å². The van der Waals surface area contributed by atoms with Crippen LogP contribution in [0.1, 0.15) is 17.4 Å². The van der Waals surface area contributed by atoms with Gasteiger partial charge in [0.15, 0.2) is 0 Å². The van der Waals surface area contributed by atoms with Crippen molar-refractivity contribution >= 4 is 23.2 Å². The Morgan fingerprint density at radius 2 is 1.95 bits per heavy atom. The number of benzene rings is 1. The summed E-state index contributed by atoms with van der Waals surface area (Å²) in [5.41, 5.74) is 0.793. The van der Waals surface area contributed by atoms with Gasteiger partial charge < -0.3 is 4.90 Å². The van der Waals surface area contributed by atoms with Crippen LogP contribution in [-0.2, 0) is 0 Å². The second kappa shape index (κ2) is 5.75. The third-order valence-electron chi connectivity index (χ3n) is 2.54. The predicted octanol–water partition coefficient (Wildman–Crippen LogP) is 2.94. The molecule has 0 radical (unpaired) electrons. The number of hydrogen-bond donors (Lipinski definition) is 0. The fourth-order valence-electron chi connectivity index (χ4n) is 1.63. The highest BCUT2D eigenvalue weighted by Gasteiger charge is 2.17. The van der Waals surface area contributed by atoms with Crippen LogP contribution in [0.5, 0.6) is 0 Å². The number of nitrogens with zero attached hydrogens (tertiary/aromatic N) is 3. The van der Waals surface area contributed by atoms with Crippen LogP contribution >= 0.6 is 11.6 Å². The van der Waals surface area contributed by atoms with E-state index >= 15 is 0 Å². The maximum atomic E-state index is 12.9. The Morgan fingerprint density at radius 1 is 1.26 bits per heavy atom. The minimum Gasteiger partial charge on any atom is -0.307 e. The van der Waals surface area contributed by atoms with Crippen LogP contribution in [0.4, 0.5) is 10.1 Å². The first-order valence-corrected chi connectivity index (χ1v) is 6.04. The lowest BCUT2D eigenvalue weighted by atomic mass is 10.2. The van der Waals surface area contributed by atoms with Crippen LogP contribution in [0.25, 0.3) is 0 Å². The molecule has 0 aliphatic heterocycles. The van der Waals surface area contributed by atoms with Gasteiger partial charge in [-0.3, -0.25) is 4.79 Å². The van der Waals surface area contributed by atoms with E-state index in [1.54, 1.807) is 12.1 Å². The molecule has 98 valence electrons. The molecule has 0 bridgehead atoms. The SMILES string of the molecule is CCN(C(=O)c1cnc(Cl)cn1)c1ccc(F)cc1. The molecule has 0 fully saturated rings. The van der Waals surface area contributed by atoms with Crippen molar-refractivity contribution < 1.29 is 9.18 Å². The molecule has 2 rings (SSSR count). The minimum absolute atomic E-state index is 0.190. The molecule has 0 spiro atoms. The van der Waals surface area contributed by atoms with Crippen molar-refractivity contribution in [2.24, 2.45) is 0 Å². The lowest BCUT2D eigenvalue weighted by Gasteiger charge is -2.20. The Labute approximate surface area is 114 Å². The van der Waals surface area contributed by atoms with Crippen LogP contribution in [0.15, 0.2) is 36.7 Å². The molecule has 2 aromatic rings. The molecule has 0 aliphatic rings. The number of carbonyl (C=O) groups is 1. The molecule has 4 nitrogen and oxygen atoms in total. The molecule has 0 aliphatic carbocycles. The average Bonchev–Trinajstić information content (AvgIpc) is 2.42. The summed E-state index contributed by atoms with van der Waals surface area (Å²) in [7, 11) is 0. The van der Waals surface area contributed by atoms with Gasteiger partial charge in [-0.2, -0.15) is 0 Å². The number of hydrogen-bond acceptors (Lipinski definition) is 3. The van der Waals surface area contributed by atoms with E-state index in [0.717, 1.165) is 0 Å². The third-order valence-corrected chi connectivity index (χ3v) is 2.73. The van der Waals surface area contributed by atoms with E-state index in [1.165, 1.54) is 29.4 Å². The maximum Gasteiger partial charge on any atom is 0.278 e. The summed E-state index contributed by atoms with van der Waals surface area (Å²) < 4.78 is 12.9. The van der Waals surface area contributed by atoms with Gasteiger partial charge in [-0.1, -0.05) is 11.6 Å². The molecule has 0 atom stereocenters. The van der Waals surface area contributed by atoms with E-state index in [4.69, 9.17) is 11.6 Å². The largest absolute Gasteiger partial charge is 0.307 e. The van der Waals surface area contributed by atoms with Gasteiger partial charge in [0, 0.05) is 12.2 Å². The second-order valence-corrected chi connectivity index (χ2v) is 4.14. The number of halogens is 2. The zero-order valence-electron chi connectivity index (χ0n) is 10.2. The summed E-state index contributed by atoms with van der Waals surface area (Å²) in [5.74, 6) is -0.656. The summed E-state index contributed by atoms with van der Waals surface area (Å²) in [4.78, 5) is 21.5. The molecule has 6 heteroatoms. The number of amides is 1. The van der Waals surface area contributed by atoms with E-state index in [2.05, 4.69) is 9.97 Å². The van der Waals surface area contributed by atoms with Gasteiger partial charge in [0.05, 0.1) is 12.4 Å². The molecule has 19 heavy (non-hydrogen) atoms. The highest BCUT2D eigenvalue weighted by atomic mass is 35.5. The summed E-state index contributed by atoms with van der Waals surface area (Å²) >= 11 is 5.62. The molecular weight excluding hydrogens is 269 g/mol. The van der Waals surface area contributed by atoms with E-state index in [9.17, 15) is 9.18 Å². The standard InChI is InChI=1S/C13H11ClFN3O/c1-2-18(10-5-3-9(15)4-6-10)13(19)11-7-17-12(14)8-16-11/h3-8H,2H2,1H3. The van der Waals surface area contributed by atoms with Gasteiger partial charge in [0.25, 0.3) is 5.91 Å². The summed E-state index contributed by atoms with van der Waals surface area (Å²) in [6.07, 6.45) is 2.63. The van der Waals surface area contributed by atoms with Crippen molar-refractivity contribution in [1.82, 2.24) is 9.97 Å². The summed E-state index contributed by atoms with van der Waals surface area (Å²) in [6, 6.07) is 5.69. The van der Waals surface area contributed by atoms with Crippen LogP contribution in [0.2, 0.25) is 5.15 Å².